The first-order chi connectivity index (χ1) is 8.49. The van der Waals surface area contributed by atoms with Gasteiger partial charge in [-0.3, -0.25) is 9.69 Å². The fourth-order valence-corrected chi connectivity index (χ4v) is 3.48. The van der Waals surface area contributed by atoms with Crippen LogP contribution in [0.4, 0.5) is 0 Å². The largest absolute Gasteiger partial charge is 0.481 e. The summed E-state index contributed by atoms with van der Waals surface area (Å²) in [6.45, 7) is 6.41. The van der Waals surface area contributed by atoms with Crippen molar-refractivity contribution in [2.24, 2.45) is 0 Å². The van der Waals surface area contributed by atoms with Crippen LogP contribution in [0, 0.1) is 0 Å². The molecule has 2 aliphatic rings. The summed E-state index contributed by atoms with van der Waals surface area (Å²) in [5.74, 6) is -0.696. The quantitative estimate of drug-likeness (QED) is 0.807. The lowest BCUT2D eigenvalue weighted by molar-refractivity contribution is -0.137. The van der Waals surface area contributed by atoms with Crippen LogP contribution in [0.15, 0.2) is 0 Å². The maximum atomic E-state index is 10.9. The van der Waals surface area contributed by atoms with Crippen molar-refractivity contribution in [1.29, 1.82) is 0 Å². The van der Waals surface area contributed by atoms with Crippen LogP contribution in [0.1, 0.15) is 52.4 Å². The lowest BCUT2D eigenvalue weighted by atomic mass is 9.95. The van der Waals surface area contributed by atoms with Crippen LogP contribution < -0.4 is 5.32 Å². The molecule has 2 N–H and O–H groups in total. The molecule has 4 nitrogen and oxygen atoms in total. The molecule has 1 heterocycles. The van der Waals surface area contributed by atoms with E-state index in [2.05, 4.69) is 24.1 Å². The average molecular weight is 254 g/mol. The third-order valence-corrected chi connectivity index (χ3v) is 4.55. The van der Waals surface area contributed by atoms with Crippen molar-refractivity contribution in [2.45, 2.75) is 70.0 Å². The molecule has 4 heteroatoms. The number of carboxylic acid groups (broad SMARTS) is 1. The summed E-state index contributed by atoms with van der Waals surface area (Å²) in [4.78, 5) is 13.5. The van der Waals surface area contributed by atoms with E-state index in [1.54, 1.807) is 0 Å². The smallest absolute Gasteiger partial charge is 0.304 e. The number of nitrogens with one attached hydrogen (secondary N) is 1. The van der Waals surface area contributed by atoms with Crippen molar-refractivity contribution in [3.05, 3.63) is 0 Å². The van der Waals surface area contributed by atoms with Crippen molar-refractivity contribution < 1.29 is 9.90 Å². The minimum atomic E-state index is -0.696. The van der Waals surface area contributed by atoms with E-state index in [4.69, 9.17) is 5.11 Å². The van der Waals surface area contributed by atoms with Gasteiger partial charge in [0.2, 0.25) is 0 Å². The zero-order chi connectivity index (χ0) is 13.2. The number of rotatable bonds is 3. The van der Waals surface area contributed by atoms with Crippen molar-refractivity contribution in [2.75, 3.05) is 13.1 Å². The van der Waals surface area contributed by atoms with Crippen LogP contribution in [0.25, 0.3) is 0 Å². The molecule has 1 saturated carbocycles. The number of carboxylic acids is 1. The molecule has 1 aliphatic heterocycles. The van der Waals surface area contributed by atoms with Crippen molar-refractivity contribution >= 4 is 5.97 Å². The number of hydrogen-bond acceptors (Lipinski definition) is 3. The first-order valence-electron chi connectivity index (χ1n) is 7.21. The highest BCUT2D eigenvalue weighted by atomic mass is 16.4. The van der Waals surface area contributed by atoms with Gasteiger partial charge in [-0.1, -0.05) is 12.8 Å². The zero-order valence-electron chi connectivity index (χ0n) is 11.6. The van der Waals surface area contributed by atoms with Gasteiger partial charge in [0.05, 0.1) is 6.42 Å². The normalized spacial score (nSPS) is 30.2. The molecule has 18 heavy (non-hydrogen) atoms. The fraction of sp³-hybridized carbons (Fsp3) is 0.929. The minimum absolute atomic E-state index is 0.102. The lowest BCUT2D eigenvalue weighted by Gasteiger charge is -2.42. The highest BCUT2D eigenvalue weighted by Crippen LogP contribution is 2.32. The number of nitrogens with zero attached hydrogens (tertiary/aromatic N) is 1. The summed E-state index contributed by atoms with van der Waals surface area (Å²) < 4.78 is 0. The molecule has 0 aromatic rings. The Bertz CT molecular complexity index is 298. The third-order valence-electron chi connectivity index (χ3n) is 4.55. The molecule has 1 atom stereocenters. The summed E-state index contributed by atoms with van der Waals surface area (Å²) in [6.07, 6.45) is 6.55. The van der Waals surface area contributed by atoms with Crippen LogP contribution in [0.3, 0.4) is 0 Å². The summed E-state index contributed by atoms with van der Waals surface area (Å²) in [5.41, 5.74) is 0.190. The van der Waals surface area contributed by atoms with E-state index in [-0.39, 0.29) is 18.0 Å². The highest BCUT2D eigenvalue weighted by Gasteiger charge is 2.37. The van der Waals surface area contributed by atoms with E-state index in [9.17, 15) is 4.79 Å². The second kappa shape index (κ2) is 5.57. The third kappa shape index (κ3) is 3.23. The zero-order valence-corrected chi connectivity index (χ0v) is 11.6. The van der Waals surface area contributed by atoms with E-state index in [0.717, 1.165) is 19.5 Å². The van der Waals surface area contributed by atoms with E-state index < -0.39 is 5.97 Å². The predicted molar refractivity (Wildman–Crippen MR) is 71.7 cm³/mol. The molecule has 2 fully saturated rings. The Morgan fingerprint density at radius 2 is 2.06 bits per heavy atom. The van der Waals surface area contributed by atoms with Gasteiger partial charge >= 0.3 is 5.97 Å². The van der Waals surface area contributed by atoms with Crippen LogP contribution >= 0.6 is 0 Å². The molecule has 1 aliphatic carbocycles. The molecule has 1 saturated heterocycles. The minimum Gasteiger partial charge on any atom is -0.481 e. The topological polar surface area (TPSA) is 52.6 Å². The van der Waals surface area contributed by atoms with Crippen LogP contribution in [0.5, 0.6) is 0 Å². The Morgan fingerprint density at radius 3 is 2.67 bits per heavy atom. The summed E-state index contributed by atoms with van der Waals surface area (Å²) in [7, 11) is 0. The molecule has 0 amide bonds. The van der Waals surface area contributed by atoms with Gasteiger partial charge in [0.25, 0.3) is 0 Å². The molecule has 1 unspecified atom stereocenters. The molecular weight excluding hydrogens is 228 g/mol. The standard InChI is InChI=1S/C14H26N2O2/c1-14(2)7-8-15-11(9-13(17)18)10-16(14)12-5-3-4-6-12/h11-12,15H,3-10H2,1-2H3,(H,17,18). The number of hydrogen-bond donors (Lipinski definition) is 2. The lowest BCUT2D eigenvalue weighted by Crippen LogP contribution is -2.51. The van der Waals surface area contributed by atoms with Crippen LogP contribution in [-0.2, 0) is 4.79 Å². The fourth-order valence-electron chi connectivity index (χ4n) is 3.48. The molecule has 0 bridgehead atoms. The summed E-state index contributed by atoms with van der Waals surface area (Å²) in [6, 6.07) is 0.765. The Labute approximate surface area is 110 Å². The Kier molecular flexibility index (Phi) is 4.28. The second-order valence-electron chi connectivity index (χ2n) is 6.40. The van der Waals surface area contributed by atoms with Gasteiger partial charge in [-0.05, 0) is 39.7 Å². The summed E-state index contributed by atoms with van der Waals surface area (Å²) in [5, 5.41) is 12.4. The monoisotopic (exact) mass is 254 g/mol. The van der Waals surface area contributed by atoms with Gasteiger partial charge in [0.1, 0.15) is 0 Å². The molecular formula is C14H26N2O2. The van der Waals surface area contributed by atoms with Crippen molar-refractivity contribution in [3.8, 4) is 0 Å². The molecule has 2 rings (SSSR count). The molecule has 104 valence electrons. The molecule has 0 aromatic heterocycles. The Morgan fingerprint density at radius 1 is 1.39 bits per heavy atom. The van der Waals surface area contributed by atoms with Crippen LogP contribution in [0.2, 0.25) is 0 Å². The number of aliphatic carboxylic acids is 1. The maximum Gasteiger partial charge on any atom is 0.304 e. The van der Waals surface area contributed by atoms with Crippen molar-refractivity contribution in [3.63, 3.8) is 0 Å². The van der Waals surface area contributed by atoms with Gasteiger partial charge in [-0.25, -0.2) is 0 Å². The van der Waals surface area contributed by atoms with Gasteiger partial charge in [-0.15, -0.1) is 0 Å². The maximum absolute atomic E-state index is 10.9. The van der Waals surface area contributed by atoms with Crippen molar-refractivity contribution in [1.82, 2.24) is 10.2 Å². The first-order valence-corrected chi connectivity index (χ1v) is 7.21. The molecule has 0 aromatic carbocycles. The number of carbonyl (C=O) groups is 1. The van der Waals surface area contributed by atoms with Gasteiger partial charge in [-0.2, -0.15) is 0 Å². The highest BCUT2D eigenvalue weighted by molar-refractivity contribution is 5.67. The Balaban J connectivity index is 2.07. The van der Waals surface area contributed by atoms with Gasteiger partial charge in [0, 0.05) is 24.2 Å². The van der Waals surface area contributed by atoms with E-state index >= 15 is 0 Å². The SMILES string of the molecule is CC1(C)CCNC(CC(=O)O)CN1C1CCCC1. The second-order valence-corrected chi connectivity index (χ2v) is 6.40. The average Bonchev–Trinajstić information content (AvgIpc) is 2.72. The predicted octanol–water partition coefficient (Wildman–Crippen LogP) is 1.85. The van der Waals surface area contributed by atoms with E-state index in [1.807, 2.05) is 0 Å². The Hall–Kier alpha value is -0.610. The van der Waals surface area contributed by atoms with E-state index in [1.165, 1.54) is 25.7 Å². The molecule has 0 spiro atoms. The van der Waals surface area contributed by atoms with Crippen LogP contribution in [-0.4, -0.2) is 46.7 Å². The summed E-state index contributed by atoms with van der Waals surface area (Å²) >= 11 is 0. The van der Waals surface area contributed by atoms with Gasteiger partial charge in [0.15, 0.2) is 0 Å². The van der Waals surface area contributed by atoms with E-state index in [0.29, 0.717) is 6.04 Å². The first kappa shape index (κ1) is 13.8. The molecule has 0 radical (unpaired) electrons. The van der Waals surface area contributed by atoms with Gasteiger partial charge < -0.3 is 10.4 Å².